The molecule has 2 atom stereocenters. The van der Waals surface area contributed by atoms with Gasteiger partial charge in [-0.2, -0.15) is 0 Å². The van der Waals surface area contributed by atoms with Crippen molar-refractivity contribution in [2.24, 2.45) is 5.41 Å². The molecule has 20 heavy (non-hydrogen) atoms. The van der Waals surface area contributed by atoms with E-state index in [-0.39, 0.29) is 5.91 Å². The summed E-state index contributed by atoms with van der Waals surface area (Å²) < 4.78 is 0. The zero-order chi connectivity index (χ0) is 14.9. The largest absolute Gasteiger partial charge is 0.480 e. The average molecular weight is 280 g/mol. The van der Waals surface area contributed by atoms with Crippen LogP contribution in [-0.4, -0.2) is 39.0 Å². The molecule has 0 aliphatic carbocycles. The molecule has 1 amide bonds. The number of nitrogens with zero attached hydrogens (tertiary/aromatic N) is 1. The van der Waals surface area contributed by atoms with E-state index in [2.05, 4.69) is 20.6 Å². The Morgan fingerprint density at radius 2 is 2.20 bits per heavy atom. The Morgan fingerprint density at radius 3 is 2.80 bits per heavy atom. The van der Waals surface area contributed by atoms with Crippen LogP contribution in [0.3, 0.4) is 0 Å². The van der Waals surface area contributed by atoms with Crippen molar-refractivity contribution in [3.05, 3.63) is 17.7 Å². The maximum absolute atomic E-state index is 12.2. The summed E-state index contributed by atoms with van der Waals surface area (Å²) >= 11 is 0. The van der Waals surface area contributed by atoms with Gasteiger partial charge in [0.15, 0.2) is 0 Å². The maximum Gasteiger partial charge on any atom is 0.326 e. The van der Waals surface area contributed by atoms with E-state index in [0.717, 1.165) is 11.4 Å². The van der Waals surface area contributed by atoms with Crippen LogP contribution >= 0.6 is 0 Å². The van der Waals surface area contributed by atoms with Crippen molar-refractivity contribution in [2.75, 3.05) is 0 Å². The van der Waals surface area contributed by atoms with Crippen molar-refractivity contribution in [1.82, 2.24) is 20.6 Å². The van der Waals surface area contributed by atoms with Crippen molar-refractivity contribution in [3.8, 4) is 0 Å². The highest BCUT2D eigenvalue weighted by Gasteiger charge is 2.35. The quantitative estimate of drug-likeness (QED) is 0.625. The summed E-state index contributed by atoms with van der Waals surface area (Å²) in [6.45, 7) is 5.88. The lowest BCUT2D eigenvalue weighted by Crippen LogP contribution is -2.55. The number of carbonyl (C=O) groups excluding carboxylic acids is 1. The fraction of sp³-hybridized carbons (Fsp3) is 0.615. The fourth-order valence-electron chi connectivity index (χ4n) is 2.25. The summed E-state index contributed by atoms with van der Waals surface area (Å²) in [6, 6.07) is -1.37. The van der Waals surface area contributed by atoms with E-state index < -0.39 is 23.5 Å². The molecule has 0 spiro atoms. The number of nitrogens with one attached hydrogen (secondary N) is 3. The average Bonchev–Trinajstić information content (AvgIpc) is 2.80. The molecular formula is C13H20N4O3. The number of rotatable bonds is 3. The Labute approximate surface area is 117 Å². The molecule has 1 aromatic heterocycles. The summed E-state index contributed by atoms with van der Waals surface area (Å²) in [4.78, 5) is 30.6. The van der Waals surface area contributed by atoms with E-state index in [1.165, 1.54) is 0 Å². The third-order valence-electron chi connectivity index (χ3n) is 3.45. The molecule has 0 radical (unpaired) electrons. The lowest BCUT2D eigenvalue weighted by Gasteiger charge is -2.30. The third-order valence-corrected chi connectivity index (χ3v) is 3.45. The topological polar surface area (TPSA) is 107 Å². The molecule has 2 unspecified atom stereocenters. The minimum absolute atomic E-state index is 0.305. The number of carbonyl (C=O) groups is 2. The SMILES string of the molecule is CC(C)(C)C(NC(=O)C1Cc2nc[nH]c2CN1)C(=O)O. The van der Waals surface area contributed by atoms with Crippen LogP contribution in [0, 0.1) is 5.41 Å². The highest BCUT2D eigenvalue weighted by atomic mass is 16.4. The van der Waals surface area contributed by atoms with Gasteiger partial charge in [-0.15, -0.1) is 0 Å². The molecule has 1 aromatic rings. The van der Waals surface area contributed by atoms with Gasteiger partial charge in [-0.3, -0.25) is 10.1 Å². The zero-order valence-corrected chi connectivity index (χ0v) is 11.9. The molecule has 4 N–H and O–H groups in total. The predicted molar refractivity (Wildman–Crippen MR) is 71.9 cm³/mol. The first-order chi connectivity index (χ1) is 9.29. The van der Waals surface area contributed by atoms with Gasteiger partial charge in [-0.05, 0) is 5.41 Å². The van der Waals surface area contributed by atoms with Crippen LogP contribution in [-0.2, 0) is 22.6 Å². The number of carboxylic acids is 1. The molecule has 0 bridgehead atoms. The predicted octanol–water partition coefficient (Wildman–Crippen LogP) is 0.0395. The van der Waals surface area contributed by atoms with Crippen LogP contribution in [0.25, 0.3) is 0 Å². The Hall–Kier alpha value is -1.89. The van der Waals surface area contributed by atoms with Crippen molar-refractivity contribution in [1.29, 1.82) is 0 Å². The Kier molecular flexibility index (Phi) is 3.80. The van der Waals surface area contributed by atoms with E-state index >= 15 is 0 Å². The summed E-state index contributed by atoms with van der Waals surface area (Å²) in [5, 5.41) is 14.9. The van der Waals surface area contributed by atoms with Gasteiger partial charge in [-0.1, -0.05) is 20.8 Å². The minimum atomic E-state index is -1.03. The molecule has 1 aliphatic heterocycles. The molecule has 0 aromatic carbocycles. The van der Waals surface area contributed by atoms with Crippen molar-refractivity contribution < 1.29 is 14.7 Å². The molecule has 110 valence electrons. The molecule has 0 fully saturated rings. The van der Waals surface area contributed by atoms with Gasteiger partial charge in [0.1, 0.15) is 6.04 Å². The Morgan fingerprint density at radius 1 is 1.50 bits per heavy atom. The molecule has 7 nitrogen and oxygen atoms in total. The number of aliphatic carboxylic acids is 1. The van der Waals surface area contributed by atoms with Gasteiger partial charge in [0, 0.05) is 13.0 Å². The van der Waals surface area contributed by atoms with E-state index in [1.807, 2.05) is 0 Å². The molecule has 0 saturated heterocycles. The van der Waals surface area contributed by atoms with Crippen LogP contribution in [0.1, 0.15) is 32.2 Å². The molecule has 7 heteroatoms. The molecule has 0 saturated carbocycles. The second-order valence-corrected chi connectivity index (χ2v) is 6.11. The van der Waals surface area contributed by atoms with Crippen LogP contribution in [0.15, 0.2) is 6.33 Å². The highest BCUT2D eigenvalue weighted by molar-refractivity contribution is 5.87. The summed E-state index contributed by atoms with van der Waals surface area (Å²) in [6.07, 6.45) is 2.06. The first-order valence-electron chi connectivity index (χ1n) is 6.56. The number of hydrogen-bond acceptors (Lipinski definition) is 4. The normalized spacial score (nSPS) is 20.1. The molecule has 1 aliphatic rings. The van der Waals surface area contributed by atoms with Crippen LogP contribution in [0.5, 0.6) is 0 Å². The number of fused-ring (bicyclic) bond motifs is 1. The third kappa shape index (κ3) is 2.98. The Balaban J connectivity index is 2.04. The van der Waals surface area contributed by atoms with Gasteiger partial charge in [0.2, 0.25) is 5.91 Å². The Bertz CT molecular complexity index is 518. The number of hydrogen-bond donors (Lipinski definition) is 4. The number of aromatic nitrogens is 2. The summed E-state index contributed by atoms with van der Waals surface area (Å²) in [7, 11) is 0. The molecular weight excluding hydrogens is 260 g/mol. The highest BCUT2D eigenvalue weighted by Crippen LogP contribution is 2.20. The first kappa shape index (κ1) is 14.5. The number of H-pyrrole nitrogens is 1. The monoisotopic (exact) mass is 280 g/mol. The van der Waals surface area contributed by atoms with Crippen molar-refractivity contribution in [3.63, 3.8) is 0 Å². The maximum atomic E-state index is 12.2. The van der Waals surface area contributed by atoms with Gasteiger partial charge >= 0.3 is 5.97 Å². The zero-order valence-electron chi connectivity index (χ0n) is 11.9. The van der Waals surface area contributed by atoms with E-state index in [4.69, 9.17) is 0 Å². The number of amides is 1. The standard InChI is InChI=1S/C13H20N4O3/c1-13(2,3)10(12(19)20)17-11(18)8-4-7-9(5-14-8)16-6-15-7/h6,8,10,14H,4-5H2,1-3H3,(H,15,16)(H,17,18)(H,19,20). The van der Waals surface area contributed by atoms with Gasteiger partial charge in [0.05, 0.1) is 23.8 Å². The smallest absolute Gasteiger partial charge is 0.326 e. The van der Waals surface area contributed by atoms with Crippen LogP contribution < -0.4 is 10.6 Å². The van der Waals surface area contributed by atoms with Crippen LogP contribution in [0.4, 0.5) is 0 Å². The fourth-order valence-corrected chi connectivity index (χ4v) is 2.25. The number of carboxylic acid groups (broad SMARTS) is 1. The number of imidazole rings is 1. The summed E-state index contributed by atoms with van der Waals surface area (Å²) in [5.41, 5.74) is 1.28. The van der Waals surface area contributed by atoms with Gasteiger partial charge in [0.25, 0.3) is 0 Å². The second kappa shape index (κ2) is 5.24. The number of aromatic amines is 1. The lowest BCUT2D eigenvalue weighted by atomic mass is 9.86. The first-order valence-corrected chi connectivity index (χ1v) is 6.56. The second-order valence-electron chi connectivity index (χ2n) is 6.11. The van der Waals surface area contributed by atoms with E-state index in [0.29, 0.717) is 13.0 Å². The van der Waals surface area contributed by atoms with Crippen molar-refractivity contribution >= 4 is 11.9 Å². The van der Waals surface area contributed by atoms with E-state index in [9.17, 15) is 14.7 Å². The van der Waals surface area contributed by atoms with Crippen molar-refractivity contribution in [2.45, 2.75) is 45.8 Å². The van der Waals surface area contributed by atoms with E-state index in [1.54, 1.807) is 27.1 Å². The molecule has 2 rings (SSSR count). The van der Waals surface area contributed by atoms with Gasteiger partial charge < -0.3 is 15.4 Å². The minimum Gasteiger partial charge on any atom is -0.480 e. The van der Waals surface area contributed by atoms with Crippen LogP contribution in [0.2, 0.25) is 0 Å². The van der Waals surface area contributed by atoms with Gasteiger partial charge in [-0.25, -0.2) is 9.78 Å². The summed E-state index contributed by atoms with van der Waals surface area (Å²) in [5.74, 6) is -1.33. The lowest BCUT2D eigenvalue weighted by molar-refractivity contribution is -0.145. The molecule has 2 heterocycles.